The van der Waals surface area contributed by atoms with Crippen LogP contribution in [0.5, 0.6) is 0 Å². The van der Waals surface area contributed by atoms with Gasteiger partial charge in [0, 0.05) is 5.02 Å². The van der Waals surface area contributed by atoms with Gasteiger partial charge in [-0.2, -0.15) is 0 Å². The van der Waals surface area contributed by atoms with Gasteiger partial charge in [0.2, 0.25) is 5.78 Å². The zero-order valence-electron chi connectivity index (χ0n) is 18.2. The second kappa shape index (κ2) is 9.33. The molecule has 0 aliphatic carbocycles. The number of Topliss-reactive ketones (excluding diaryl/α,β-unsaturated/α-hetero) is 1. The molecule has 32 heavy (non-hydrogen) atoms. The zero-order chi connectivity index (χ0) is 23.5. The first-order valence-electron chi connectivity index (χ1n) is 10.0. The third-order valence-electron chi connectivity index (χ3n) is 5.03. The van der Waals surface area contributed by atoms with Crippen molar-refractivity contribution in [3.05, 3.63) is 76.7 Å². The molecule has 164 valence electrons. The van der Waals surface area contributed by atoms with Crippen LogP contribution in [0.1, 0.15) is 31.9 Å². The summed E-state index contributed by atoms with van der Waals surface area (Å²) in [6.45, 7) is 8.86. The maximum Gasteiger partial charge on any atom is 0.514 e. The Labute approximate surface area is 192 Å². The fourth-order valence-corrected chi connectivity index (χ4v) is 3.58. The van der Waals surface area contributed by atoms with Gasteiger partial charge in [-0.1, -0.05) is 55.3 Å². The first-order valence-corrected chi connectivity index (χ1v) is 10.4. The number of terminal acetylenes is 1. The molecular formula is C26H23ClO5. The predicted molar refractivity (Wildman–Crippen MR) is 124 cm³/mol. The molecule has 0 N–H and O–H groups in total. The van der Waals surface area contributed by atoms with E-state index < -0.39 is 11.8 Å². The van der Waals surface area contributed by atoms with E-state index in [2.05, 4.69) is 12.5 Å². The van der Waals surface area contributed by atoms with Gasteiger partial charge in [-0.25, -0.2) is 4.79 Å². The summed E-state index contributed by atoms with van der Waals surface area (Å²) in [5.41, 5.74) is 2.34. The van der Waals surface area contributed by atoms with E-state index in [1.54, 1.807) is 26.0 Å². The van der Waals surface area contributed by atoms with Crippen molar-refractivity contribution in [1.82, 2.24) is 0 Å². The summed E-state index contributed by atoms with van der Waals surface area (Å²) >= 11 is 6.02. The molecule has 1 aliphatic rings. The molecule has 3 rings (SSSR count). The van der Waals surface area contributed by atoms with Crippen LogP contribution < -0.4 is 0 Å². The molecule has 1 aliphatic heterocycles. The monoisotopic (exact) mass is 450 g/mol. The van der Waals surface area contributed by atoms with Crippen LogP contribution in [0.3, 0.4) is 0 Å². The van der Waals surface area contributed by atoms with E-state index in [4.69, 9.17) is 32.2 Å². The molecule has 0 amide bonds. The van der Waals surface area contributed by atoms with Gasteiger partial charge in [-0.3, -0.25) is 4.79 Å². The number of ether oxygens (including phenoxy) is 3. The lowest BCUT2D eigenvalue weighted by Crippen LogP contribution is -2.40. The van der Waals surface area contributed by atoms with Crippen molar-refractivity contribution in [2.75, 3.05) is 6.61 Å². The molecule has 1 heterocycles. The summed E-state index contributed by atoms with van der Waals surface area (Å²) in [5, 5.41) is 0.626. The summed E-state index contributed by atoms with van der Waals surface area (Å²) in [6.07, 6.45) is 4.74. The second-order valence-corrected chi connectivity index (χ2v) is 8.08. The molecule has 2 aromatic rings. The van der Waals surface area contributed by atoms with Crippen LogP contribution in [0.4, 0.5) is 4.79 Å². The lowest BCUT2D eigenvalue weighted by Gasteiger charge is -2.33. The minimum atomic E-state index is -1.19. The first-order chi connectivity index (χ1) is 15.2. The van der Waals surface area contributed by atoms with Gasteiger partial charge in [0.15, 0.2) is 23.7 Å². The van der Waals surface area contributed by atoms with Crippen molar-refractivity contribution in [3.8, 4) is 23.5 Å². The normalized spacial score (nSPS) is 15.1. The van der Waals surface area contributed by atoms with Crippen LogP contribution in [0.2, 0.25) is 5.02 Å². The molecule has 0 fully saturated rings. The smallest absolute Gasteiger partial charge is 0.476 e. The standard InChI is InChI=1S/C26H23ClO5/c1-6-14-30-25(29)31-23-16(3)32-26(4,5)24(28)22(23)21-15-19(9-8-17(21)7-2)18-10-12-20(27)13-11-18/h1,8-13,15H,3,7,14H2,2,4-5H3. The molecule has 0 atom stereocenters. The Balaban J connectivity index is 2.21. The molecule has 0 saturated carbocycles. The number of carbonyl (C=O) groups excluding carboxylic acids is 2. The maximum absolute atomic E-state index is 13.5. The third-order valence-corrected chi connectivity index (χ3v) is 5.28. The largest absolute Gasteiger partial charge is 0.514 e. The summed E-state index contributed by atoms with van der Waals surface area (Å²) in [5.74, 6) is 1.82. The molecule has 0 spiro atoms. The van der Waals surface area contributed by atoms with Gasteiger partial charge < -0.3 is 14.2 Å². The van der Waals surface area contributed by atoms with E-state index in [-0.39, 0.29) is 29.5 Å². The Morgan fingerprint density at radius 1 is 1.19 bits per heavy atom. The molecule has 2 aromatic carbocycles. The zero-order valence-corrected chi connectivity index (χ0v) is 18.9. The van der Waals surface area contributed by atoms with Crippen molar-refractivity contribution in [2.45, 2.75) is 32.8 Å². The molecule has 0 bridgehead atoms. The number of halogens is 1. The summed E-state index contributed by atoms with van der Waals surface area (Å²) in [7, 11) is 0. The van der Waals surface area contributed by atoms with E-state index in [1.807, 2.05) is 37.3 Å². The van der Waals surface area contributed by atoms with Crippen molar-refractivity contribution >= 4 is 29.1 Å². The summed E-state index contributed by atoms with van der Waals surface area (Å²) < 4.78 is 15.8. The number of carbonyl (C=O) groups is 2. The lowest BCUT2D eigenvalue weighted by atomic mass is 9.84. The quantitative estimate of drug-likeness (QED) is 0.415. The van der Waals surface area contributed by atoms with Gasteiger partial charge in [-0.15, -0.1) is 6.42 Å². The van der Waals surface area contributed by atoms with Crippen molar-refractivity contribution in [2.24, 2.45) is 0 Å². The lowest BCUT2D eigenvalue weighted by molar-refractivity contribution is -0.131. The Morgan fingerprint density at radius 3 is 2.47 bits per heavy atom. The van der Waals surface area contributed by atoms with Gasteiger partial charge in [0.25, 0.3) is 0 Å². The van der Waals surface area contributed by atoms with Gasteiger partial charge >= 0.3 is 6.16 Å². The second-order valence-electron chi connectivity index (χ2n) is 7.65. The summed E-state index contributed by atoms with van der Waals surface area (Å²) in [6, 6.07) is 13.2. The number of hydrogen-bond donors (Lipinski definition) is 0. The topological polar surface area (TPSA) is 61.8 Å². The van der Waals surface area contributed by atoms with Crippen LogP contribution in [-0.2, 0) is 25.4 Å². The van der Waals surface area contributed by atoms with Crippen LogP contribution in [-0.4, -0.2) is 24.1 Å². The molecule has 0 radical (unpaired) electrons. The Hall–Kier alpha value is -3.49. The van der Waals surface area contributed by atoms with E-state index in [0.717, 1.165) is 16.7 Å². The molecule has 0 saturated heterocycles. The summed E-state index contributed by atoms with van der Waals surface area (Å²) in [4.78, 5) is 25.6. The highest BCUT2D eigenvalue weighted by Gasteiger charge is 2.43. The average Bonchev–Trinajstić information content (AvgIpc) is 2.76. The number of rotatable bonds is 5. The Bertz CT molecular complexity index is 1150. The van der Waals surface area contributed by atoms with Gasteiger partial charge in [0.1, 0.15) is 0 Å². The van der Waals surface area contributed by atoms with Crippen LogP contribution in [0.15, 0.2) is 60.6 Å². The molecule has 5 nitrogen and oxygen atoms in total. The number of hydrogen-bond acceptors (Lipinski definition) is 5. The van der Waals surface area contributed by atoms with E-state index >= 15 is 0 Å². The third kappa shape index (κ3) is 4.71. The van der Waals surface area contributed by atoms with Crippen molar-refractivity contribution in [3.63, 3.8) is 0 Å². The predicted octanol–water partition coefficient (Wildman–Crippen LogP) is 5.96. The fourth-order valence-electron chi connectivity index (χ4n) is 3.45. The first kappa shape index (κ1) is 23.2. The van der Waals surface area contributed by atoms with Crippen molar-refractivity contribution in [1.29, 1.82) is 0 Å². The maximum atomic E-state index is 13.5. The van der Waals surface area contributed by atoms with E-state index in [1.165, 1.54) is 0 Å². The van der Waals surface area contributed by atoms with Gasteiger partial charge in [-0.05, 0) is 60.7 Å². The van der Waals surface area contributed by atoms with Crippen molar-refractivity contribution < 1.29 is 23.8 Å². The minimum absolute atomic E-state index is 0.0567. The Kier molecular flexibility index (Phi) is 6.76. The van der Waals surface area contributed by atoms with E-state index in [0.29, 0.717) is 17.0 Å². The molecule has 0 unspecified atom stereocenters. The number of aryl methyl sites for hydroxylation is 1. The SMILES string of the molecule is C#CCOC(=O)OC1=C(c2cc(-c3ccc(Cl)cc3)ccc2CC)C(=O)C(C)(C)OC1=C. The van der Waals surface area contributed by atoms with Crippen LogP contribution in [0.25, 0.3) is 16.7 Å². The number of benzene rings is 2. The molecule has 6 heteroatoms. The molecular weight excluding hydrogens is 428 g/mol. The van der Waals surface area contributed by atoms with E-state index in [9.17, 15) is 9.59 Å². The Morgan fingerprint density at radius 2 is 1.84 bits per heavy atom. The highest BCUT2D eigenvalue weighted by molar-refractivity contribution is 6.30. The highest BCUT2D eigenvalue weighted by atomic mass is 35.5. The number of ketones is 1. The average molecular weight is 451 g/mol. The highest BCUT2D eigenvalue weighted by Crippen LogP contribution is 2.40. The van der Waals surface area contributed by atoms with Gasteiger partial charge in [0.05, 0.1) is 5.57 Å². The minimum Gasteiger partial charge on any atom is -0.476 e. The fraction of sp³-hybridized carbons (Fsp3) is 0.231. The molecule has 0 aromatic heterocycles. The van der Waals surface area contributed by atoms with Crippen LogP contribution in [0, 0.1) is 12.3 Å². The van der Waals surface area contributed by atoms with Crippen LogP contribution >= 0.6 is 11.6 Å².